The van der Waals surface area contributed by atoms with Gasteiger partial charge in [-0.2, -0.15) is 0 Å². The average Bonchev–Trinajstić information content (AvgIpc) is 3.28. The van der Waals surface area contributed by atoms with Gasteiger partial charge in [0.2, 0.25) is 0 Å². The molecule has 0 aliphatic carbocycles. The fourth-order valence-corrected chi connectivity index (χ4v) is 6.39. The Bertz CT molecular complexity index is 1370. The predicted octanol–water partition coefficient (Wildman–Crippen LogP) is 16.5. The summed E-state index contributed by atoms with van der Waals surface area (Å²) in [6.07, 6.45) is 68.9. The van der Waals surface area contributed by atoms with Crippen molar-refractivity contribution in [2.75, 3.05) is 13.2 Å². The molecule has 1 unspecified atom stereocenters. The standard InChI is InChI=1S/C57H90O6/c1-4-7-10-13-16-19-22-25-27-28-29-30-33-35-38-41-44-47-50-56(59)62-53-54(52-61-55(58)49-46-43-40-37-34-31-24-21-18-15-12-9-6-3)63-57(60)51-48-45-42-39-36-32-26-23-20-17-14-11-8-5-2/h8-13,15-22,24-25,27-30,54H,4-7,14,23,26,31-53H2,1-3H3/b11-8+,12-9+,13-10+,18-15+,19-16+,20-17+,24-21+,25-22+,28-27+,30-29+. The first-order valence-electron chi connectivity index (χ1n) is 25.1. The topological polar surface area (TPSA) is 78.9 Å². The van der Waals surface area contributed by atoms with Crippen molar-refractivity contribution in [1.29, 1.82) is 0 Å². The molecule has 63 heavy (non-hydrogen) atoms. The van der Waals surface area contributed by atoms with Crippen LogP contribution < -0.4 is 0 Å². The lowest BCUT2D eigenvalue weighted by molar-refractivity contribution is -0.167. The van der Waals surface area contributed by atoms with Crippen LogP contribution in [0.25, 0.3) is 0 Å². The average molecular weight is 871 g/mol. The zero-order chi connectivity index (χ0) is 45.8. The molecule has 0 heterocycles. The molecule has 0 saturated carbocycles. The summed E-state index contributed by atoms with van der Waals surface area (Å²) in [5.41, 5.74) is 0. The summed E-state index contributed by atoms with van der Waals surface area (Å²) in [6.45, 7) is 6.24. The Hall–Kier alpha value is -4.19. The Morgan fingerprint density at radius 2 is 0.698 bits per heavy atom. The maximum Gasteiger partial charge on any atom is 0.306 e. The number of carbonyl (C=O) groups excluding carboxylic acids is 3. The van der Waals surface area contributed by atoms with E-state index in [1.165, 1.54) is 32.1 Å². The molecule has 0 aromatic heterocycles. The summed E-state index contributed by atoms with van der Waals surface area (Å²) in [5.74, 6) is -0.966. The van der Waals surface area contributed by atoms with Gasteiger partial charge >= 0.3 is 17.9 Å². The van der Waals surface area contributed by atoms with Gasteiger partial charge in [0.05, 0.1) is 0 Å². The summed E-state index contributed by atoms with van der Waals surface area (Å²) in [4.78, 5) is 38.0. The molecule has 0 rings (SSSR count). The Morgan fingerprint density at radius 1 is 0.349 bits per heavy atom. The molecule has 354 valence electrons. The van der Waals surface area contributed by atoms with Crippen molar-refractivity contribution in [1.82, 2.24) is 0 Å². The number of rotatable bonds is 43. The maximum absolute atomic E-state index is 12.8. The molecule has 0 aromatic carbocycles. The summed E-state index contributed by atoms with van der Waals surface area (Å²) in [7, 11) is 0. The summed E-state index contributed by atoms with van der Waals surface area (Å²) in [5, 5.41) is 0. The third-order valence-electron chi connectivity index (χ3n) is 10.1. The number of hydrogen-bond acceptors (Lipinski definition) is 6. The van der Waals surface area contributed by atoms with E-state index in [2.05, 4.69) is 106 Å². The second kappa shape index (κ2) is 50.5. The third-order valence-corrected chi connectivity index (χ3v) is 10.1. The van der Waals surface area contributed by atoms with Crippen LogP contribution in [-0.4, -0.2) is 37.2 Å². The van der Waals surface area contributed by atoms with Crippen molar-refractivity contribution in [2.24, 2.45) is 0 Å². The zero-order valence-electron chi connectivity index (χ0n) is 40.3. The Kier molecular flexibility index (Phi) is 47.1. The van der Waals surface area contributed by atoms with Crippen LogP contribution in [0.1, 0.15) is 201 Å². The predicted molar refractivity (Wildman–Crippen MR) is 269 cm³/mol. The highest BCUT2D eigenvalue weighted by molar-refractivity contribution is 5.71. The highest BCUT2D eigenvalue weighted by Gasteiger charge is 2.19. The maximum atomic E-state index is 12.8. The lowest BCUT2D eigenvalue weighted by atomic mass is 10.1. The SMILES string of the molecule is CC/C=C/C=C/C=C/CCCCCCCC(=O)OCC(COC(=O)CCCCCCC/C=C/C=C/C=C/C=C/C=C/CCC)OC(=O)CCCCCCCCC/C=C/C/C=C/CC. The molecule has 0 spiro atoms. The van der Waals surface area contributed by atoms with E-state index in [1.807, 2.05) is 36.5 Å². The highest BCUT2D eigenvalue weighted by atomic mass is 16.6. The van der Waals surface area contributed by atoms with Crippen molar-refractivity contribution in [3.8, 4) is 0 Å². The molecule has 0 amide bonds. The monoisotopic (exact) mass is 871 g/mol. The molecule has 0 aliphatic heterocycles. The lowest BCUT2D eigenvalue weighted by Gasteiger charge is -2.18. The quantitative estimate of drug-likeness (QED) is 0.0200. The first-order chi connectivity index (χ1) is 31.0. The smallest absolute Gasteiger partial charge is 0.306 e. The summed E-state index contributed by atoms with van der Waals surface area (Å²) < 4.78 is 16.7. The van der Waals surface area contributed by atoms with E-state index in [9.17, 15) is 14.4 Å². The third kappa shape index (κ3) is 48.7. The fraction of sp³-hybridized carbons (Fsp3) is 0.596. The van der Waals surface area contributed by atoms with Crippen LogP contribution in [0.2, 0.25) is 0 Å². The number of allylic oxidation sites excluding steroid dienone is 20. The van der Waals surface area contributed by atoms with Crippen molar-refractivity contribution < 1.29 is 28.6 Å². The van der Waals surface area contributed by atoms with Crippen LogP contribution in [0.4, 0.5) is 0 Å². The minimum absolute atomic E-state index is 0.104. The van der Waals surface area contributed by atoms with Crippen LogP contribution in [0.5, 0.6) is 0 Å². The number of hydrogen-bond donors (Lipinski definition) is 0. The van der Waals surface area contributed by atoms with Gasteiger partial charge in [-0.3, -0.25) is 14.4 Å². The molecule has 6 heteroatoms. The number of carbonyl (C=O) groups is 3. The van der Waals surface area contributed by atoms with E-state index in [1.54, 1.807) is 0 Å². The van der Waals surface area contributed by atoms with Crippen molar-refractivity contribution in [2.45, 2.75) is 207 Å². The molecule has 6 nitrogen and oxygen atoms in total. The van der Waals surface area contributed by atoms with Crippen LogP contribution in [-0.2, 0) is 28.6 Å². The first-order valence-corrected chi connectivity index (χ1v) is 25.1. The normalized spacial score (nSPS) is 13.1. The van der Waals surface area contributed by atoms with Gasteiger partial charge in [0.25, 0.3) is 0 Å². The molecule has 0 fully saturated rings. The zero-order valence-corrected chi connectivity index (χ0v) is 40.3. The molecule has 0 radical (unpaired) electrons. The molecular weight excluding hydrogens is 781 g/mol. The van der Waals surface area contributed by atoms with Gasteiger partial charge in [-0.25, -0.2) is 0 Å². The molecule has 0 N–H and O–H groups in total. The molecule has 0 saturated heterocycles. The molecule has 0 aliphatic rings. The molecule has 1 atom stereocenters. The Labute approximate surface area is 386 Å². The van der Waals surface area contributed by atoms with E-state index in [0.717, 1.165) is 128 Å². The van der Waals surface area contributed by atoms with Gasteiger partial charge in [0.15, 0.2) is 6.10 Å². The largest absolute Gasteiger partial charge is 0.462 e. The van der Waals surface area contributed by atoms with Crippen molar-refractivity contribution in [3.63, 3.8) is 0 Å². The second-order valence-electron chi connectivity index (χ2n) is 16.1. The molecule has 0 aromatic rings. The van der Waals surface area contributed by atoms with E-state index in [4.69, 9.17) is 14.2 Å². The van der Waals surface area contributed by atoms with E-state index in [-0.39, 0.29) is 31.1 Å². The van der Waals surface area contributed by atoms with Crippen LogP contribution in [0.15, 0.2) is 122 Å². The molecular formula is C57H90O6. The lowest BCUT2D eigenvalue weighted by Crippen LogP contribution is -2.30. The van der Waals surface area contributed by atoms with Gasteiger partial charge in [-0.15, -0.1) is 0 Å². The Morgan fingerprint density at radius 3 is 1.14 bits per heavy atom. The fourth-order valence-electron chi connectivity index (χ4n) is 6.39. The second-order valence-corrected chi connectivity index (χ2v) is 16.1. The van der Waals surface area contributed by atoms with Crippen LogP contribution in [0, 0.1) is 0 Å². The minimum atomic E-state index is -0.804. The van der Waals surface area contributed by atoms with Gasteiger partial charge < -0.3 is 14.2 Å². The summed E-state index contributed by atoms with van der Waals surface area (Å²) in [6, 6.07) is 0. The van der Waals surface area contributed by atoms with Gasteiger partial charge in [0, 0.05) is 19.3 Å². The van der Waals surface area contributed by atoms with Gasteiger partial charge in [-0.1, -0.05) is 219 Å². The summed E-state index contributed by atoms with van der Waals surface area (Å²) >= 11 is 0. The van der Waals surface area contributed by atoms with Crippen LogP contribution >= 0.6 is 0 Å². The Balaban J connectivity index is 4.50. The van der Waals surface area contributed by atoms with E-state index >= 15 is 0 Å². The number of ether oxygens (including phenoxy) is 3. The van der Waals surface area contributed by atoms with Gasteiger partial charge in [0.1, 0.15) is 13.2 Å². The number of unbranched alkanes of at least 4 members (excludes halogenated alkanes) is 18. The number of esters is 3. The minimum Gasteiger partial charge on any atom is -0.462 e. The highest BCUT2D eigenvalue weighted by Crippen LogP contribution is 2.13. The van der Waals surface area contributed by atoms with Crippen molar-refractivity contribution >= 4 is 17.9 Å². The van der Waals surface area contributed by atoms with Gasteiger partial charge in [-0.05, 0) is 83.5 Å². The van der Waals surface area contributed by atoms with Crippen LogP contribution in [0.3, 0.4) is 0 Å². The molecule has 0 bridgehead atoms. The van der Waals surface area contributed by atoms with Crippen molar-refractivity contribution in [3.05, 3.63) is 122 Å². The van der Waals surface area contributed by atoms with E-state index < -0.39 is 6.10 Å². The van der Waals surface area contributed by atoms with E-state index in [0.29, 0.717) is 19.3 Å². The first kappa shape index (κ1) is 58.8.